The Balaban J connectivity index is 2.75. The smallest absolute Gasteiger partial charge is 0.312 e. The second kappa shape index (κ2) is 6.39. The molecule has 0 radical (unpaired) electrons. The van der Waals surface area contributed by atoms with Crippen LogP contribution in [0.2, 0.25) is 0 Å². The van der Waals surface area contributed by atoms with E-state index in [1.54, 1.807) is 12.1 Å². The highest BCUT2D eigenvalue weighted by molar-refractivity contribution is 9.10. The largest absolute Gasteiger partial charge is 0.352 e. The Kier molecular flexibility index (Phi) is 5.15. The third-order valence-electron chi connectivity index (χ3n) is 2.34. The Hall–Kier alpha value is -1.56. The third kappa shape index (κ3) is 4.37. The third-order valence-corrected chi connectivity index (χ3v) is 2.83. The first-order valence-corrected chi connectivity index (χ1v) is 6.32. The molecule has 1 rings (SSSR count). The van der Waals surface area contributed by atoms with E-state index in [4.69, 9.17) is 5.73 Å². The first-order valence-electron chi connectivity index (χ1n) is 5.52. The number of anilines is 1. The molecule has 0 saturated carbocycles. The van der Waals surface area contributed by atoms with Crippen LogP contribution in [0.25, 0.3) is 0 Å². The molecule has 1 atom stereocenters. The van der Waals surface area contributed by atoms with Gasteiger partial charge in [0.2, 0.25) is 5.91 Å². The van der Waals surface area contributed by atoms with Crippen LogP contribution in [0.4, 0.5) is 10.5 Å². The fourth-order valence-electron chi connectivity index (χ4n) is 1.47. The Labute approximate surface area is 114 Å². The summed E-state index contributed by atoms with van der Waals surface area (Å²) in [5.41, 5.74) is 5.71. The van der Waals surface area contributed by atoms with E-state index < -0.39 is 12.1 Å². The van der Waals surface area contributed by atoms with Gasteiger partial charge in [0.05, 0.1) is 0 Å². The van der Waals surface area contributed by atoms with Gasteiger partial charge in [-0.15, -0.1) is 0 Å². The maximum absolute atomic E-state index is 12.0. The number of hydrogen-bond acceptors (Lipinski definition) is 2. The zero-order valence-corrected chi connectivity index (χ0v) is 11.8. The molecule has 0 saturated heterocycles. The van der Waals surface area contributed by atoms with Crippen molar-refractivity contribution in [2.24, 2.45) is 11.7 Å². The minimum atomic E-state index is -0.710. The van der Waals surface area contributed by atoms with Crippen LogP contribution >= 0.6 is 15.9 Å². The van der Waals surface area contributed by atoms with Gasteiger partial charge >= 0.3 is 6.03 Å². The lowest BCUT2D eigenvalue weighted by molar-refractivity contribution is -0.118. The predicted octanol–water partition coefficient (Wildman–Crippen LogP) is 2.08. The van der Waals surface area contributed by atoms with Crippen LogP contribution < -0.4 is 16.4 Å². The molecule has 0 bridgehead atoms. The second-order valence-corrected chi connectivity index (χ2v) is 5.15. The summed E-state index contributed by atoms with van der Waals surface area (Å²) < 4.78 is 0.865. The standard InChI is InChI=1S/C12H16BrN3O2/c1-7(2)10(16-12(14)18)11(17)15-9-5-3-4-8(13)6-9/h3-7,10H,1-2H3,(H,15,17)(H3,14,16,18)/t10-/m0/s1. The lowest BCUT2D eigenvalue weighted by Crippen LogP contribution is -2.49. The van der Waals surface area contributed by atoms with Crippen molar-refractivity contribution in [2.75, 3.05) is 5.32 Å². The molecule has 5 nitrogen and oxygen atoms in total. The highest BCUT2D eigenvalue weighted by Crippen LogP contribution is 2.16. The van der Waals surface area contributed by atoms with Crippen molar-refractivity contribution in [2.45, 2.75) is 19.9 Å². The zero-order valence-electron chi connectivity index (χ0n) is 10.2. The molecule has 0 spiro atoms. The Morgan fingerprint density at radius 2 is 2.00 bits per heavy atom. The van der Waals surface area contributed by atoms with Crippen molar-refractivity contribution in [3.8, 4) is 0 Å². The van der Waals surface area contributed by atoms with Crippen LogP contribution in [0.1, 0.15) is 13.8 Å². The molecule has 0 fully saturated rings. The van der Waals surface area contributed by atoms with E-state index in [0.717, 1.165) is 4.47 Å². The zero-order chi connectivity index (χ0) is 13.7. The SMILES string of the molecule is CC(C)[C@H](NC(N)=O)C(=O)Nc1cccc(Br)c1. The quantitative estimate of drug-likeness (QED) is 0.795. The van der Waals surface area contributed by atoms with Crippen molar-refractivity contribution >= 4 is 33.6 Å². The summed E-state index contributed by atoms with van der Waals surface area (Å²) in [5, 5.41) is 5.16. The molecule has 98 valence electrons. The molecule has 3 amide bonds. The van der Waals surface area contributed by atoms with E-state index in [1.165, 1.54) is 0 Å². The number of nitrogens with two attached hydrogens (primary N) is 1. The Morgan fingerprint density at radius 1 is 1.33 bits per heavy atom. The summed E-state index contributed by atoms with van der Waals surface area (Å²) in [4.78, 5) is 22.9. The van der Waals surface area contributed by atoms with E-state index in [1.807, 2.05) is 26.0 Å². The Morgan fingerprint density at radius 3 is 2.50 bits per heavy atom. The summed E-state index contributed by atoms with van der Waals surface area (Å²) in [7, 11) is 0. The van der Waals surface area contributed by atoms with Gasteiger partial charge in [0, 0.05) is 10.2 Å². The summed E-state index contributed by atoms with van der Waals surface area (Å²) in [5.74, 6) is -0.341. The molecule has 0 aliphatic heterocycles. The molecule has 0 unspecified atom stereocenters. The van der Waals surface area contributed by atoms with E-state index in [2.05, 4.69) is 26.6 Å². The lowest BCUT2D eigenvalue weighted by Gasteiger charge is -2.20. The van der Waals surface area contributed by atoms with Gasteiger partial charge in [0.25, 0.3) is 0 Å². The van der Waals surface area contributed by atoms with Gasteiger partial charge in [-0.1, -0.05) is 35.8 Å². The van der Waals surface area contributed by atoms with Crippen molar-refractivity contribution in [3.05, 3.63) is 28.7 Å². The molecule has 4 N–H and O–H groups in total. The topological polar surface area (TPSA) is 84.2 Å². The van der Waals surface area contributed by atoms with E-state index in [-0.39, 0.29) is 11.8 Å². The summed E-state index contributed by atoms with van der Waals surface area (Å²) >= 11 is 3.32. The minimum Gasteiger partial charge on any atom is -0.352 e. The minimum absolute atomic E-state index is 0.0512. The average molecular weight is 314 g/mol. The number of halogens is 1. The number of carbonyl (C=O) groups excluding carboxylic acids is 2. The first-order chi connectivity index (χ1) is 8.40. The van der Waals surface area contributed by atoms with E-state index in [0.29, 0.717) is 5.69 Å². The molecule has 0 aliphatic rings. The van der Waals surface area contributed by atoms with Crippen molar-refractivity contribution in [1.82, 2.24) is 5.32 Å². The maximum Gasteiger partial charge on any atom is 0.312 e. The van der Waals surface area contributed by atoms with Crippen LogP contribution in [0.5, 0.6) is 0 Å². The van der Waals surface area contributed by atoms with Gasteiger partial charge in [-0.3, -0.25) is 4.79 Å². The molecule has 1 aromatic rings. The van der Waals surface area contributed by atoms with Gasteiger partial charge in [-0.2, -0.15) is 0 Å². The molecular weight excluding hydrogens is 298 g/mol. The molecule has 0 aliphatic carbocycles. The van der Waals surface area contributed by atoms with Gasteiger partial charge in [-0.25, -0.2) is 4.79 Å². The number of urea groups is 1. The number of nitrogens with one attached hydrogen (secondary N) is 2. The molecular formula is C12H16BrN3O2. The highest BCUT2D eigenvalue weighted by Gasteiger charge is 2.23. The van der Waals surface area contributed by atoms with Crippen molar-refractivity contribution < 1.29 is 9.59 Å². The highest BCUT2D eigenvalue weighted by atomic mass is 79.9. The lowest BCUT2D eigenvalue weighted by atomic mass is 10.0. The average Bonchev–Trinajstić information content (AvgIpc) is 2.25. The van der Waals surface area contributed by atoms with Crippen LogP contribution in [-0.4, -0.2) is 18.0 Å². The number of benzene rings is 1. The number of carbonyl (C=O) groups is 2. The van der Waals surface area contributed by atoms with Gasteiger partial charge in [-0.05, 0) is 24.1 Å². The van der Waals surface area contributed by atoms with E-state index in [9.17, 15) is 9.59 Å². The van der Waals surface area contributed by atoms with Crippen LogP contribution in [0.3, 0.4) is 0 Å². The normalized spacial score (nSPS) is 12.0. The number of rotatable bonds is 4. The maximum atomic E-state index is 12.0. The Bertz CT molecular complexity index is 449. The first kappa shape index (κ1) is 14.5. The molecule has 0 aromatic heterocycles. The molecule has 18 heavy (non-hydrogen) atoms. The monoisotopic (exact) mass is 313 g/mol. The van der Waals surface area contributed by atoms with Crippen LogP contribution in [0.15, 0.2) is 28.7 Å². The fraction of sp³-hybridized carbons (Fsp3) is 0.333. The molecule has 0 heterocycles. The molecule has 1 aromatic carbocycles. The van der Waals surface area contributed by atoms with Crippen LogP contribution in [0, 0.1) is 5.92 Å². The van der Waals surface area contributed by atoms with Crippen molar-refractivity contribution in [3.63, 3.8) is 0 Å². The predicted molar refractivity (Wildman–Crippen MR) is 74.1 cm³/mol. The van der Waals surface area contributed by atoms with Gasteiger partial charge < -0.3 is 16.4 Å². The van der Waals surface area contributed by atoms with Gasteiger partial charge in [0.1, 0.15) is 6.04 Å². The fourth-order valence-corrected chi connectivity index (χ4v) is 1.87. The summed E-state index contributed by atoms with van der Waals surface area (Å²) in [6, 6.07) is 5.85. The number of amides is 3. The number of primary amides is 1. The van der Waals surface area contributed by atoms with Gasteiger partial charge in [0.15, 0.2) is 0 Å². The number of hydrogen-bond donors (Lipinski definition) is 3. The van der Waals surface area contributed by atoms with E-state index >= 15 is 0 Å². The molecule has 6 heteroatoms. The van der Waals surface area contributed by atoms with Crippen molar-refractivity contribution in [1.29, 1.82) is 0 Å². The second-order valence-electron chi connectivity index (χ2n) is 4.23. The summed E-state index contributed by atoms with van der Waals surface area (Å²) in [6.45, 7) is 3.67. The summed E-state index contributed by atoms with van der Waals surface area (Å²) in [6.07, 6.45) is 0. The van der Waals surface area contributed by atoms with Crippen LogP contribution in [-0.2, 0) is 4.79 Å².